The highest BCUT2D eigenvalue weighted by Gasteiger charge is 2.20. The lowest BCUT2D eigenvalue weighted by Crippen LogP contribution is -2.13. The maximum Gasteiger partial charge on any atom is 0.342 e. The summed E-state index contributed by atoms with van der Waals surface area (Å²) in [7, 11) is 0. The van der Waals surface area contributed by atoms with Gasteiger partial charge < -0.3 is 10.1 Å². The normalized spacial score (nSPS) is 9.06. The predicted octanol–water partition coefficient (Wildman–Crippen LogP) is 1.76. The van der Waals surface area contributed by atoms with Crippen molar-refractivity contribution in [1.29, 1.82) is 5.26 Å². The lowest BCUT2D eigenvalue weighted by molar-refractivity contribution is -0.115. The molecule has 1 aromatic rings. The van der Waals surface area contributed by atoms with Crippen molar-refractivity contribution in [2.45, 2.75) is 13.3 Å². The molecule has 0 saturated carbocycles. The Kier molecular flexibility index (Phi) is 4.91. The summed E-state index contributed by atoms with van der Waals surface area (Å²) in [6.45, 7) is 1.89. The molecule has 0 aliphatic rings. The number of nitriles is 1. The molecule has 0 radical (unpaired) electrons. The van der Waals surface area contributed by atoms with Gasteiger partial charge in [0.15, 0.2) is 0 Å². The van der Waals surface area contributed by atoms with E-state index in [1.165, 1.54) is 0 Å². The van der Waals surface area contributed by atoms with E-state index in [9.17, 15) is 9.59 Å². The number of carbonyl (C=O) groups is 2. The van der Waals surface area contributed by atoms with Crippen molar-refractivity contribution < 1.29 is 14.3 Å². The molecule has 0 unspecified atom stereocenters. The number of nitrogens with zero attached hydrogens (tertiary/aromatic N) is 1. The topological polar surface area (TPSA) is 79.2 Å². The van der Waals surface area contributed by atoms with E-state index in [0.717, 1.165) is 11.3 Å². The average molecular weight is 262 g/mol. The Labute approximate surface area is 108 Å². The van der Waals surface area contributed by atoms with Gasteiger partial charge in [-0.1, -0.05) is 5.92 Å². The van der Waals surface area contributed by atoms with E-state index in [1.54, 1.807) is 18.4 Å². The Morgan fingerprint density at radius 3 is 2.89 bits per heavy atom. The minimum Gasteiger partial charge on any atom is -0.462 e. The van der Waals surface area contributed by atoms with E-state index in [1.807, 2.05) is 0 Å². The number of rotatable bonds is 4. The van der Waals surface area contributed by atoms with Crippen LogP contribution in [0.25, 0.3) is 0 Å². The van der Waals surface area contributed by atoms with E-state index >= 15 is 0 Å². The van der Waals surface area contributed by atoms with Crippen LogP contribution in [0.4, 0.5) is 5.00 Å². The molecule has 5 nitrogen and oxygen atoms in total. The Hall–Kier alpha value is -2.31. The van der Waals surface area contributed by atoms with Gasteiger partial charge in [-0.15, -0.1) is 17.8 Å². The second kappa shape index (κ2) is 6.43. The van der Waals surface area contributed by atoms with Crippen molar-refractivity contribution in [3.63, 3.8) is 0 Å². The van der Waals surface area contributed by atoms with Crippen LogP contribution >= 0.6 is 11.3 Å². The number of hydrogen-bond acceptors (Lipinski definition) is 5. The molecule has 1 heterocycles. The number of thiophene rings is 1. The van der Waals surface area contributed by atoms with Crippen LogP contribution in [0.2, 0.25) is 0 Å². The van der Waals surface area contributed by atoms with E-state index < -0.39 is 11.9 Å². The van der Waals surface area contributed by atoms with Gasteiger partial charge in [-0.25, -0.2) is 4.79 Å². The molecule has 18 heavy (non-hydrogen) atoms. The van der Waals surface area contributed by atoms with Crippen molar-refractivity contribution in [3.8, 4) is 18.4 Å². The Morgan fingerprint density at radius 1 is 1.61 bits per heavy atom. The van der Waals surface area contributed by atoms with Crippen molar-refractivity contribution in [1.82, 2.24) is 0 Å². The van der Waals surface area contributed by atoms with Gasteiger partial charge in [0.25, 0.3) is 0 Å². The largest absolute Gasteiger partial charge is 0.462 e. The second-order valence-corrected chi connectivity index (χ2v) is 3.98. The average Bonchev–Trinajstić information content (AvgIpc) is 2.72. The molecule has 92 valence electrons. The first-order chi connectivity index (χ1) is 8.63. The molecule has 0 atom stereocenters. The quantitative estimate of drug-likeness (QED) is 0.662. The summed E-state index contributed by atoms with van der Waals surface area (Å²) in [5, 5.41) is 12.7. The van der Waals surface area contributed by atoms with Gasteiger partial charge >= 0.3 is 5.97 Å². The monoisotopic (exact) mass is 262 g/mol. The molecule has 0 saturated heterocycles. The number of esters is 1. The fourth-order valence-electron chi connectivity index (χ4n) is 1.20. The first-order valence-electron chi connectivity index (χ1n) is 5.06. The summed E-state index contributed by atoms with van der Waals surface area (Å²) >= 11 is 1.12. The van der Waals surface area contributed by atoms with Crippen LogP contribution in [0.3, 0.4) is 0 Å². The van der Waals surface area contributed by atoms with Crippen LogP contribution in [0.5, 0.6) is 0 Å². The molecule has 1 aromatic heterocycles. The molecule has 0 fully saturated rings. The molecule has 0 aromatic carbocycles. The molecule has 0 aliphatic carbocycles. The number of terminal acetylenes is 1. The van der Waals surface area contributed by atoms with Crippen molar-refractivity contribution in [2.75, 3.05) is 11.9 Å². The van der Waals surface area contributed by atoms with Crippen LogP contribution in [-0.4, -0.2) is 18.5 Å². The highest BCUT2D eigenvalue weighted by molar-refractivity contribution is 7.15. The highest BCUT2D eigenvalue weighted by Crippen LogP contribution is 2.28. The minimum absolute atomic E-state index is 0.163. The maximum absolute atomic E-state index is 11.7. The van der Waals surface area contributed by atoms with Crippen molar-refractivity contribution in [2.24, 2.45) is 0 Å². The van der Waals surface area contributed by atoms with Gasteiger partial charge in [0.2, 0.25) is 5.91 Å². The third kappa shape index (κ3) is 3.09. The standard InChI is InChI=1S/C12H10N2O3S/c1-3-8-7-18-11(14-9(15)5-6-13)10(8)12(16)17-4-2/h1,7H,4-5H2,2H3,(H,14,15). The van der Waals surface area contributed by atoms with E-state index in [4.69, 9.17) is 16.4 Å². The number of amides is 1. The van der Waals surface area contributed by atoms with Gasteiger partial charge in [0.1, 0.15) is 17.0 Å². The Bertz CT molecular complexity index is 549. The van der Waals surface area contributed by atoms with Crippen LogP contribution in [-0.2, 0) is 9.53 Å². The highest BCUT2D eigenvalue weighted by atomic mass is 32.1. The van der Waals surface area contributed by atoms with Crippen LogP contribution in [0, 0.1) is 23.7 Å². The smallest absolute Gasteiger partial charge is 0.342 e. The van der Waals surface area contributed by atoms with Gasteiger partial charge in [-0.05, 0) is 6.92 Å². The van der Waals surface area contributed by atoms with Crippen LogP contribution in [0.1, 0.15) is 29.3 Å². The third-order valence-corrected chi connectivity index (χ3v) is 2.81. The Morgan fingerprint density at radius 2 is 2.33 bits per heavy atom. The van der Waals surface area contributed by atoms with Gasteiger partial charge in [0, 0.05) is 5.38 Å². The summed E-state index contributed by atoms with van der Waals surface area (Å²) in [4.78, 5) is 23.0. The maximum atomic E-state index is 11.7. The fourth-order valence-corrected chi connectivity index (χ4v) is 2.11. The molecule has 0 bridgehead atoms. The molecule has 0 spiro atoms. The number of hydrogen-bond donors (Lipinski definition) is 1. The zero-order valence-electron chi connectivity index (χ0n) is 9.65. The van der Waals surface area contributed by atoms with E-state index in [2.05, 4.69) is 11.2 Å². The zero-order valence-corrected chi connectivity index (χ0v) is 10.5. The molecular weight excluding hydrogens is 252 g/mol. The summed E-state index contributed by atoms with van der Waals surface area (Å²) in [5.74, 6) is 1.28. The van der Waals surface area contributed by atoms with Gasteiger partial charge in [0.05, 0.1) is 18.2 Å². The number of nitrogens with one attached hydrogen (secondary N) is 1. The van der Waals surface area contributed by atoms with Crippen LogP contribution in [0.15, 0.2) is 5.38 Å². The third-order valence-electron chi connectivity index (χ3n) is 1.92. The lowest BCUT2D eigenvalue weighted by Gasteiger charge is -2.05. The minimum atomic E-state index is -0.584. The summed E-state index contributed by atoms with van der Waals surface area (Å²) in [5.41, 5.74) is 0.529. The first-order valence-corrected chi connectivity index (χ1v) is 5.94. The molecule has 1 rings (SSSR count). The van der Waals surface area contributed by atoms with Gasteiger partial charge in [-0.3, -0.25) is 4.79 Å². The Balaban J connectivity index is 3.03. The predicted molar refractivity (Wildman–Crippen MR) is 67.1 cm³/mol. The van der Waals surface area contributed by atoms with Gasteiger partial charge in [-0.2, -0.15) is 5.26 Å². The molecular formula is C12H10N2O3S. The molecule has 6 heteroatoms. The number of anilines is 1. The molecule has 0 aliphatic heterocycles. The first kappa shape index (κ1) is 13.8. The fraction of sp³-hybridized carbons (Fsp3) is 0.250. The molecule has 1 N–H and O–H groups in total. The summed E-state index contributed by atoms with van der Waals surface area (Å²) in [6.07, 6.45) is 4.99. The zero-order chi connectivity index (χ0) is 13.5. The number of ether oxygens (including phenoxy) is 1. The van der Waals surface area contributed by atoms with E-state index in [-0.39, 0.29) is 18.6 Å². The van der Waals surface area contributed by atoms with Crippen molar-refractivity contribution >= 4 is 28.2 Å². The van der Waals surface area contributed by atoms with E-state index in [0.29, 0.717) is 10.6 Å². The lowest BCUT2D eigenvalue weighted by atomic mass is 10.2. The summed E-state index contributed by atoms with van der Waals surface area (Å²) < 4.78 is 4.87. The molecule has 1 amide bonds. The SMILES string of the molecule is C#Cc1csc(NC(=O)CC#N)c1C(=O)OCC. The van der Waals surface area contributed by atoms with Crippen molar-refractivity contribution in [3.05, 3.63) is 16.5 Å². The second-order valence-electron chi connectivity index (χ2n) is 3.10. The summed E-state index contributed by atoms with van der Waals surface area (Å²) in [6, 6.07) is 1.72. The van der Waals surface area contributed by atoms with Crippen LogP contribution < -0.4 is 5.32 Å². The number of carbonyl (C=O) groups excluding carboxylic acids is 2.